The largest absolute Gasteiger partial charge is 0.508 e. The fourth-order valence-corrected chi connectivity index (χ4v) is 13.3. The minimum Gasteiger partial charge on any atom is -0.508 e. The average Bonchev–Trinajstić information content (AvgIpc) is 3.94. The molecule has 3 aliphatic carbocycles. The highest BCUT2D eigenvalue weighted by atomic mass is 16.5. The third kappa shape index (κ3) is 5.63. The van der Waals surface area contributed by atoms with E-state index in [4.69, 9.17) is 14.2 Å². The van der Waals surface area contributed by atoms with Crippen molar-refractivity contribution in [3.8, 4) is 63.2 Å². The van der Waals surface area contributed by atoms with Crippen molar-refractivity contribution in [2.45, 2.75) is 60.2 Å². The molecule has 3 heterocycles. The van der Waals surface area contributed by atoms with Gasteiger partial charge in [0.05, 0.1) is 11.8 Å². The second-order valence-electron chi connectivity index (χ2n) is 19.0. The molecule has 0 saturated heterocycles. The van der Waals surface area contributed by atoms with Gasteiger partial charge in [-0.3, -0.25) is 4.79 Å². The van der Waals surface area contributed by atoms with Crippen molar-refractivity contribution in [3.05, 3.63) is 195 Å². The SMILES string of the molecule is O=C1C=C[C@]23[C@H](C1)Oc1cc(O)cc4c1[C@H]2[C@H](c1cc(O)cc2c1[C@@H]4[C@H](c1ccc(O)cc1)O2)[C@@H](c1cc(O)cc2c1[C@@H](c1cc(O)cc(O)c1)[C@H](c1ccc(O)cc1)O2)[C@@H]3c1ccc(O)cc1. The van der Waals surface area contributed by atoms with Crippen LogP contribution in [-0.2, 0) is 4.79 Å². The molecule has 8 N–H and O–H groups in total. The van der Waals surface area contributed by atoms with Crippen molar-refractivity contribution in [1.82, 2.24) is 0 Å². The number of carbonyl (C=O) groups is 1. The van der Waals surface area contributed by atoms with Gasteiger partial charge in [0.15, 0.2) is 5.78 Å². The lowest BCUT2D eigenvalue weighted by Gasteiger charge is -2.50. The van der Waals surface area contributed by atoms with Gasteiger partial charge in [0, 0.05) is 64.6 Å². The Bertz CT molecular complexity index is 3290. The van der Waals surface area contributed by atoms with E-state index in [1.165, 1.54) is 6.07 Å². The zero-order valence-electron chi connectivity index (χ0n) is 35.9. The highest BCUT2D eigenvalue weighted by molar-refractivity contribution is 5.92. The minimum atomic E-state index is -1.04. The van der Waals surface area contributed by atoms with Crippen LogP contribution in [0.15, 0.2) is 140 Å². The van der Waals surface area contributed by atoms with E-state index >= 15 is 0 Å². The van der Waals surface area contributed by atoms with Crippen molar-refractivity contribution in [2.75, 3.05) is 0 Å². The van der Waals surface area contributed by atoms with Gasteiger partial charge in [0.1, 0.15) is 81.6 Å². The van der Waals surface area contributed by atoms with E-state index in [1.54, 1.807) is 115 Å². The Balaban J connectivity index is 1.16. The van der Waals surface area contributed by atoms with Crippen LogP contribution in [0.2, 0.25) is 0 Å². The number of phenolic OH excluding ortho intramolecular Hbond substituents is 8. The minimum absolute atomic E-state index is 0.00164. The van der Waals surface area contributed by atoms with Gasteiger partial charge in [-0.05, 0) is 124 Å². The second kappa shape index (κ2) is 14.1. The summed E-state index contributed by atoms with van der Waals surface area (Å²) in [7, 11) is 0. The van der Waals surface area contributed by atoms with Crippen LogP contribution in [0.1, 0.15) is 110 Å². The third-order valence-corrected chi connectivity index (χ3v) is 15.5. The Morgan fingerprint density at radius 3 is 1.40 bits per heavy atom. The molecule has 3 aliphatic heterocycles. The standard InChI is InChI=1S/C56H42O12/c57-29-7-1-25(2-8-29)52-49(38-18-35(63)21-41-46(38)45(28-15-33(61)17-34(62)16-28)54(67-41)26-3-9-30(58)10-4-26)50-39-19-36(64)22-42-47(39)51(55(68-42)27-5-11-31(59)12-6-27)40-20-37(65)23-43-48(40)53(50)56(52)14-13-32(60)24-44(56)66-43/h1-23,44-45,49-55,57-59,61-65H,24H2/t44-,45+,49+,50+,51+,52-,53-,54-,55-,56+/m0/s1. The summed E-state index contributed by atoms with van der Waals surface area (Å²) in [5.74, 6) is -3.07. The molecule has 1 fully saturated rings. The maximum absolute atomic E-state index is 13.7. The Kier molecular flexibility index (Phi) is 8.33. The normalized spacial score (nSPS) is 27.5. The molecular weight excluding hydrogens is 865 g/mol. The number of benzene rings is 7. The lowest BCUT2D eigenvalue weighted by atomic mass is 9.58. The van der Waals surface area contributed by atoms with Crippen LogP contribution in [-0.4, -0.2) is 52.7 Å². The van der Waals surface area contributed by atoms with Crippen LogP contribution >= 0.6 is 0 Å². The second-order valence-corrected chi connectivity index (χ2v) is 19.0. The first-order valence-electron chi connectivity index (χ1n) is 22.6. The number of carbonyl (C=O) groups excluding carboxylic acids is 1. The molecule has 10 atom stereocenters. The molecule has 13 rings (SSSR count). The number of aromatic hydroxyl groups is 8. The van der Waals surface area contributed by atoms with E-state index in [1.807, 2.05) is 18.2 Å². The van der Waals surface area contributed by atoms with Crippen LogP contribution in [0.3, 0.4) is 0 Å². The summed E-state index contributed by atoms with van der Waals surface area (Å²) in [6, 6.07) is 34.7. The smallest absolute Gasteiger partial charge is 0.159 e. The Labute approximate surface area is 388 Å². The van der Waals surface area contributed by atoms with Crippen molar-refractivity contribution in [1.29, 1.82) is 0 Å². The van der Waals surface area contributed by atoms with Crippen LogP contribution in [0.4, 0.5) is 0 Å². The van der Waals surface area contributed by atoms with Gasteiger partial charge in [0.2, 0.25) is 0 Å². The highest BCUT2D eigenvalue weighted by Crippen LogP contribution is 2.78. The van der Waals surface area contributed by atoms with Gasteiger partial charge in [-0.25, -0.2) is 0 Å². The van der Waals surface area contributed by atoms with Crippen molar-refractivity contribution in [2.24, 2.45) is 5.41 Å². The van der Waals surface area contributed by atoms with Crippen molar-refractivity contribution >= 4 is 5.78 Å². The van der Waals surface area contributed by atoms with E-state index in [9.17, 15) is 45.6 Å². The van der Waals surface area contributed by atoms with Gasteiger partial charge in [-0.2, -0.15) is 0 Å². The topological polar surface area (TPSA) is 207 Å². The molecule has 338 valence electrons. The molecule has 1 spiro atoms. The molecule has 12 nitrogen and oxygen atoms in total. The fraction of sp³-hybridized carbons (Fsp3) is 0.196. The monoisotopic (exact) mass is 906 g/mol. The van der Waals surface area contributed by atoms with Gasteiger partial charge in [0.25, 0.3) is 0 Å². The van der Waals surface area contributed by atoms with E-state index < -0.39 is 59.2 Å². The van der Waals surface area contributed by atoms with E-state index in [0.29, 0.717) is 39.5 Å². The lowest BCUT2D eigenvalue weighted by Crippen LogP contribution is -2.50. The first kappa shape index (κ1) is 40.1. The van der Waals surface area contributed by atoms with Crippen LogP contribution < -0.4 is 14.2 Å². The third-order valence-electron chi connectivity index (χ3n) is 15.5. The summed E-state index contributed by atoms with van der Waals surface area (Å²) < 4.78 is 20.9. The number of rotatable bonds is 5. The number of phenols is 8. The van der Waals surface area contributed by atoms with Crippen LogP contribution in [0.5, 0.6) is 63.2 Å². The first-order valence-corrected chi connectivity index (χ1v) is 22.6. The highest BCUT2D eigenvalue weighted by Gasteiger charge is 2.70. The summed E-state index contributed by atoms with van der Waals surface area (Å²) >= 11 is 0. The van der Waals surface area contributed by atoms with Crippen molar-refractivity contribution in [3.63, 3.8) is 0 Å². The van der Waals surface area contributed by atoms with Gasteiger partial charge >= 0.3 is 0 Å². The zero-order valence-corrected chi connectivity index (χ0v) is 35.9. The molecule has 7 aromatic carbocycles. The first-order chi connectivity index (χ1) is 32.8. The van der Waals surface area contributed by atoms with E-state index in [2.05, 4.69) is 0 Å². The Morgan fingerprint density at radius 2 is 0.853 bits per heavy atom. The Morgan fingerprint density at radius 1 is 0.412 bits per heavy atom. The number of allylic oxidation sites excluding steroid dienone is 1. The molecule has 6 aliphatic rings. The quantitative estimate of drug-likeness (QED) is 0.0813. The number of hydrogen-bond donors (Lipinski definition) is 8. The molecule has 0 unspecified atom stereocenters. The summed E-state index contributed by atoms with van der Waals surface area (Å²) in [6.07, 6.45) is 1.34. The molecule has 1 saturated carbocycles. The summed E-state index contributed by atoms with van der Waals surface area (Å²) in [5, 5.41) is 89.2. The predicted molar refractivity (Wildman–Crippen MR) is 245 cm³/mol. The molecule has 0 radical (unpaired) electrons. The molecular formula is C56H42O12. The van der Waals surface area contributed by atoms with Gasteiger partial charge < -0.3 is 55.1 Å². The maximum atomic E-state index is 13.7. The Hall–Kier alpha value is -8.25. The summed E-state index contributed by atoms with van der Waals surface area (Å²) in [6.45, 7) is 0. The average molecular weight is 907 g/mol. The molecule has 12 heteroatoms. The van der Waals surface area contributed by atoms with Gasteiger partial charge in [-0.15, -0.1) is 0 Å². The molecule has 0 aromatic heterocycles. The number of hydrogen-bond acceptors (Lipinski definition) is 12. The predicted octanol–water partition coefficient (Wildman–Crippen LogP) is 9.90. The van der Waals surface area contributed by atoms with E-state index in [-0.39, 0.29) is 58.2 Å². The fourth-order valence-electron chi connectivity index (χ4n) is 13.3. The van der Waals surface area contributed by atoms with Gasteiger partial charge in [-0.1, -0.05) is 42.5 Å². The molecule has 0 bridgehead atoms. The number of ether oxygens (including phenoxy) is 3. The van der Waals surface area contributed by atoms with Crippen LogP contribution in [0, 0.1) is 5.41 Å². The van der Waals surface area contributed by atoms with E-state index in [0.717, 1.165) is 33.4 Å². The van der Waals surface area contributed by atoms with Crippen LogP contribution in [0.25, 0.3) is 0 Å². The molecule has 0 amide bonds. The summed E-state index contributed by atoms with van der Waals surface area (Å²) in [4.78, 5) is 13.7. The zero-order chi connectivity index (χ0) is 46.5. The summed E-state index contributed by atoms with van der Waals surface area (Å²) in [5.41, 5.74) is 6.02. The number of fused-ring (bicyclic) bond motifs is 3. The molecule has 7 aromatic rings. The number of ketones is 1. The maximum Gasteiger partial charge on any atom is 0.159 e. The molecule has 68 heavy (non-hydrogen) atoms. The lowest BCUT2D eigenvalue weighted by molar-refractivity contribution is -0.119. The van der Waals surface area contributed by atoms with Crippen molar-refractivity contribution < 1.29 is 59.9 Å².